The van der Waals surface area contributed by atoms with E-state index in [1.54, 1.807) is 29.7 Å². The summed E-state index contributed by atoms with van der Waals surface area (Å²) < 4.78 is 5.11. The van der Waals surface area contributed by atoms with Gasteiger partial charge in [0.2, 0.25) is 11.4 Å². The lowest BCUT2D eigenvalue weighted by molar-refractivity contribution is 0.411. The molecule has 0 aliphatic heterocycles. The maximum absolute atomic E-state index is 11.0. The molecular weight excluding hydrogens is 262 g/mol. The van der Waals surface area contributed by atoms with Gasteiger partial charge in [-0.2, -0.15) is 4.98 Å². The van der Waals surface area contributed by atoms with Crippen LogP contribution in [-0.2, 0) is 0 Å². The Bertz CT molecular complexity index is 736. The molecule has 0 amide bonds. The summed E-state index contributed by atoms with van der Waals surface area (Å²) >= 11 is 1.63. The van der Waals surface area contributed by atoms with Gasteiger partial charge in [0, 0.05) is 28.8 Å². The first-order valence-electron chi connectivity index (χ1n) is 5.56. The number of hydrogen-bond donors (Lipinski definition) is 1. The second kappa shape index (κ2) is 5.03. The summed E-state index contributed by atoms with van der Waals surface area (Å²) in [5.74, 6) is 0.872. The number of hydrogen-bond acceptors (Lipinski definition) is 5. The predicted octanol–water partition coefficient (Wildman–Crippen LogP) is 2.66. The Morgan fingerprint density at radius 1 is 1.26 bits per heavy atom. The summed E-state index contributed by atoms with van der Waals surface area (Å²) in [5.41, 5.74) is 0.546. The number of rotatable bonds is 3. The van der Waals surface area contributed by atoms with E-state index in [4.69, 9.17) is 4.52 Å². The first-order chi connectivity index (χ1) is 9.31. The molecule has 0 saturated heterocycles. The maximum atomic E-state index is 11.0. The van der Waals surface area contributed by atoms with Gasteiger partial charge in [0.15, 0.2) is 0 Å². The predicted molar refractivity (Wildman–Crippen MR) is 73.6 cm³/mol. The summed E-state index contributed by atoms with van der Waals surface area (Å²) in [7, 11) is 0. The van der Waals surface area contributed by atoms with Gasteiger partial charge in [0.25, 0.3) is 5.89 Å². The highest BCUT2D eigenvalue weighted by Gasteiger charge is 2.06. The van der Waals surface area contributed by atoms with E-state index in [0.29, 0.717) is 17.3 Å². The number of aromatic nitrogens is 3. The third-order valence-corrected chi connectivity index (χ3v) is 3.26. The van der Waals surface area contributed by atoms with Crippen LogP contribution in [0.3, 0.4) is 0 Å². The zero-order chi connectivity index (χ0) is 13.1. The molecule has 19 heavy (non-hydrogen) atoms. The van der Waals surface area contributed by atoms with E-state index in [9.17, 15) is 4.79 Å². The highest BCUT2D eigenvalue weighted by atomic mass is 32.1. The van der Waals surface area contributed by atoms with Crippen molar-refractivity contribution < 1.29 is 4.52 Å². The fourth-order valence-corrected chi connectivity index (χ4v) is 2.13. The molecule has 3 aromatic rings. The average molecular weight is 271 g/mol. The standard InChI is InChI=1S/C13H9N3O2S/c17-11-5-3-9(8-14-11)13-15-12(18-16-13)6-4-10-2-1-7-19-10/h1-8H,(H,14,17). The monoisotopic (exact) mass is 271 g/mol. The molecule has 1 N–H and O–H groups in total. The minimum Gasteiger partial charge on any atom is -0.334 e. The first kappa shape index (κ1) is 11.6. The molecule has 94 valence electrons. The van der Waals surface area contributed by atoms with Gasteiger partial charge >= 0.3 is 0 Å². The van der Waals surface area contributed by atoms with Crippen molar-refractivity contribution in [3.63, 3.8) is 0 Å². The third kappa shape index (κ3) is 2.69. The Morgan fingerprint density at radius 3 is 2.95 bits per heavy atom. The summed E-state index contributed by atoms with van der Waals surface area (Å²) in [6.45, 7) is 0. The summed E-state index contributed by atoms with van der Waals surface area (Å²) in [6, 6.07) is 7.05. The van der Waals surface area contributed by atoms with Crippen LogP contribution in [-0.4, -0.2) is 15.1 Å². The van der Waals surface area contributed by atoms with Gasteiger partial charge in [-0.25, -0.2) is 0 Å². The van der Waals surface area contributed by atoms with Crippen molar-refractivity contribution in [3.05, 3.63) is 57.0 Å². The summed E-state index contributed by atoms with van der Waals surface area (Å²) in [5, 5.41) is 5.86. The van der Waals surface area contributed by atoms with Crippen LogP contribution in [0, 0.1) is 0 Å². The molecule has 0 spiro atoms. The van der Waals surface area contributed by atoms with Gasteiger partial charge < -0.3 is 9.51 Å². The zero-order valence-electron chi connectivity index (χ0n) is 9.74. The molecule has 5 nitrogen and oxygen atoms in total. The minimum absolute atomic E-state index is 0.162. The smallest absolute Gasteiger partial charge is 0.250 e. The van der Waals surface area contributed by atoms with Crippen LogP contribution in [0.25, 0.3) is 23.5 Å². The normalized spacial score (nSPS) is 11.2. The molecular formula is C13H9N3O2S. The number of thiophene rings is 1. The Hall–Kier alpha value is -2.47. The van der Waals surface area contributed by atoms with E-state index in [1.807, 2.05) is 23.6 Å². The fourth-order valence-electron chi connectivity index (χ4n) is 1.51. The maximum Gasteiger partial charge on any atom is 0.250 e. The van der Waals surface area contributed by atoms with E-state index in [1.165, 1.54) is 6.07 Å². The lowest BCUT2D eigenvalue weighted by Gasteiger charge is -1.90. The van der Waals surface area contributed by atoms with Crippen LogP contribution in [0.2, 0.25) is 0 Å². The van der Waals surface area contributed by atoms with Crippen molar-refractivity contribution >= 4 is 23.5 Å². The summed E-state index contributed by atoms with van der Waals surface area (Å²) in [4.78, 5) is 18.9. The Morgan fingerprint density at radius 2 is 2.21 bits per heavy atom. The Balaban J connectivity index is 1.83. The van der Waals surface area contributed by atoms with Crippen molar-refractivity contribution in [3.8, 4) is 11.4 Å². The molecule has 0 bridgehead atoms. The lowest BCUT2D eigenvalue weighted by Crippen LogP contribution is -2.01. The van der Waals surface area contributed by atoms with E-state index < -0.39 is 0 Å². The van der Waals surface area contributed by atoms with Gasteiger partial charge in [-0.1, -0.05) is 11.2 Å². The average Bonchev–Trinajstić information content (AvgIpc) is 3.09. The number of aromatic amines is 1. The summed E-state index contributed by atoms with van der Waals surface area (Å²) in [6.07, 6.45) is 5.22. The molecule has 0 aromatic carbocycles. The van der Waals surface area contributed by atoms with Gasteiger partial charge in [-0.3, -0.25) is 4.79 Å². The second-order valence-electron chi connectivity index (χ2n) is 3.75. The van der Waals surface area contributed by atoms with Crippen LogP contribution >= 0.6 is 11.3 Å². The van der Waals surface area contributed by atoms with Gasteiger partial charge in [0.05, 0.1) is 0 Å². The van der Waals surface area contributed by atoms with Crippen LogP contribution < -0.4 is 5.56 Å². The third-order valence-electron chi connectivity index (χ3n) is 2.42. The molecule has 3 aromatic heterocycles. The largest absolute Gasteiger partial charge is 0.334 e. The number of nitrogens with one attached hydrogen (secondary N) is 1. The molecule has 3 heterocycles. The molecule has 3 rings (SSSR count). The van der Waals surface area contributed by atoms with Crippen LogP contribution in [0.4, 0.5) is 0 Å². The second-order valence-corrected chi connectivity index (χ2v) is 4.73. The molecule has 0 atom stereocenters. The fraction of sp³-hybridized carbons (Fsp3) is 0. The quantitative estimate of drug-likeness (QED) is 0.795. The van der Waals surface area contributed by atoms with E-state index in [-0.39, 0.29) is 5.56 Å². The number of H-pyrrole nitrogens is 1. The molecule has 0 aliphatic carbocycles. The van der Waals surface area contributed by atoms with Gasteiger partial charge in [-0.15, -0.1) is 11.3 Å². The van der Waals surface area contributed by atoms with Crippen LogP contribution in [0.15, 0.2) is 45.2 Å². The van der Waals surface area contributed by atoms with Crippen molar-refractivity contribution in [1.82, 2.24) is 15.1 Å². The minimum atomic E-state index is -0.162. The van der Waals surface area contributed by atoms with Gasteiger partial charge in [0.1, 0.15) is 0 Å². The molecule has 0 fully saturated rings. The van der Waals surface area contributed by atoms with Crippen LogP contribution in [0.1, 0.15) is 10.8 Å². The van der Waals surface area contributed by atoms with Crippen molar-refractivity contribution in [2.45, 2.75) is 0 Å². The van der Waals surface area contributed by atoms with Crippen LogP contribution in [0.5, 0.6) is 0 Å². The first-order valence-corrected chi connectivity index (χ1v) is 6.44. The SMILES string of the molecule is O=c1ccc(-c2noc(C=Cc3cccs3)n2)c[nH]1. The molecule has 0 saturated carbocycles. The number of nitrogens with zero attached hydrogens (tertiary/aromatic N) is 2. The molecule has 6 heteroatoms. The Kier molecular flexibility index (Phi) is 3.07. The zero-order valence-corrected chi connectivity index (χ0v) is 10.6. The van der Waals surface area contributed by atoms with E-state index in [0.717, 1.165) is 4.88 Å². The van der Waals surface area contributed by atoms with Crippen molar-refractivity contribution in [1.29, 1.82) is 0 Å². The van der Waals surface area contributed by atoms with Crippen molar-refractivity contribution in [2.75, 3.05) is 0 Å². The topological polar surface area (TPSA) is 71.8 Å². The highest BCUT2D eigenvalue weighted by Crippen LogP contribution is 2.16. The molecule has 0 aliphatic rings. The number of pyridine rings is 1. The molecule has 0 unspecified atom stereocenters. The van der Waals surface area contributed by atoms with E-state index >= 15 is 0 Å². The molecule has 0 radical (unpaired) electrons. The van der Waals surface area contributed by atoms with E-state index in [2.05, 4.69) is 15.1 Å². The van der Waals surface area contributed by atoms with Gasteiger partial charge in [-0.05, 0) is 23.6 Å². The lowest BCUT2D eigenvalue weighted by atomic mass is 10.3. The Labute approximate surface area is 112 Å². The van der Waals surface area contributed by atoms with Crippen molar-refractivity contribution in [2.24, 2.45) is 0 Å². The highest BCUT2D eigenvalue weighted by molar-refractivity contribution is 7.10.